The third-order valence-corrected chi connectivity index (χ3v) is 4.59. The highest BCUT2D eigenvalue weighted by atomic mass is 79.9. The third-order valence-electron chi connectivity index (χ3n) is 3.93. The summed E-state index contributed by atoms with van der Waals surface area (Å²) >= 11 is 3.18. The monoisotopic (exact) mass is 345 g/mol. The number of nitrogens with two attached hydrogens (primary N) is 1. The number of carboxylic acid groups (broad SMARTS) is 1. The molecule has 6 heteroatoms. The van der Waals surface area contributed by atoms with Crippen molar-refractivity contribution >= 4 is 27.6 Å². The second kappa shape index (κ2) is 5.69. The smallest absolute Gasteiger partial charge is 0.314 e. The number of anilines is 1. The van der Waals surface area contributed by atoms with Crippen molar-refractivity contribution < 1.29 is 19.0 Å². The summed E-state index contributed by atoms with van der Waals surface area (Å²) in [6, 6.07) is 2.47. The summed E-state index contributed by atoms with van der Waals surface area (Å²) in [7, 11) is 0. The van der Waals surface area contributed by atoms with Gasteiger partial charge in [0.15, 0.2) is 0 Å². The minimum atomic E-state index is -1.19. The Labute approximate surface area is 125 Å². The van der Waals surface area contributed by atoms with E-state index in [4.69, 9.17) is 10.5 Å². The minimum Gasteiger partial charge on any atom is -0.481 e. The highest BCUT2D eigenvalue weighted by molar-refractivity contribution is 9.10. The molecule has 0 aromatic heterocycles. The van der Waals surface area contributed by atoms with Crippen molar-refractivity contribution in [2.75, 3.05) is 12.3 Å². The van der Waals surface area contributed by atoms with Crippen LogP contribution in [0.4, 0.5) is 10.1 Å². The molecule has 4 nitrogen and oxygen atoms in total. The molecule has 0 aliphatic carbocycles. The maximum absolute atomic E-state index is 13.7. The van der Waals surface area contributed by atoms with Crippen LogP contribution >= 0.6 is 15.9 Å². The number of ether oxygens (including phenoxy) is 1. The van der Waals surface area contributed by atoms with Crippen LogP contribution in [0.25, 0.3) is 0 Å². The molecular weight excluding hydrogens is 329 g/mol. The van der Waals surface area contributed by atoms with Gasteiger partial charge in [-0.2, -0.15) is 0 Å². The summed E-state index contributed by atoms with van der Waals surface area (Å²) in [5.41, 5.74) is 5.40. The van der Waals surface area contributed by atoms with Gasteiger partial charge in [-0.3, -0.25) is 4.79 Å². The van der Waals surface area contributed by atoms with Crippen LogP contribution in [0.2, 0.25) is 0 Å². The fraction of sp³-hybridized carbons (Fsp3) is 0.500. The number of nitrogen functional groups attached to an aromatic ring is 1. The van der Waals surface area contributed by atoms with E-state index in [0.717, 1.165) is 0 Å². The van der Waals surface area contributed by atoms with E-state index in [9.17, 15) is 14.3 Å². The Hall–Kier alpha value is -1.14. The van der Waals surface area contributed by atoms with E-state index < -0.39 is 17.2 Å². The first-order valence-corrected chi connectivity index (χ1v) is 7.30. The maximum Gasteiger partial charge on any atom is 0.314 e. The Morgan fingerprint density at radius 1 is 1.65 bits per heavy atom. The number of rotatable bonds is 3. The Kier molecular flexibility index (Phi) is 4.34. The summed E-state index contributed by atoms with van der Waals surface area (Å²) in [5.74, 6) is -1.48. The zero-order valence-corrected chi connectivity index (χ0v) is 12.7. The van der Waals surface area contributed by atoms with E-state index in [1.807, 2.05) is 6.92 Å². The van der Waals surface area contributed by atoms with E-state index in [1.54, 1.807) is 0 Å². The molecule has 20 heavy (non-hydrogen) atoms. The van der Waals surface area contributed by atoms with Crippen molar-refractivity contribution in [3.63, 3.8) is 0 Å². The Bertz CT molecular complexity index is 537. The van der Waals surface area contributed by atoms with Gasteiger partial charge in [0.05, 0.1) is 17.2 Å². The summed E-state index contributed by atoms with van der Waals surface area (Å²) in [5, 5.41) is 9.71. The van der Waals surface area contributed by atoms with Crippen molar-refractivity contribution in [1.29, 1.82) is 0 Å². The summed E-state index contributed by atoms with van der Waals surface area (Å²) in [6.45, 7) is 2.27. The van der Waals surface area contributed by atoms with Gasteiger partial charge in [-0.05, 0) is 52.9 Å². The Morgan fingerprint density at radius 2 is 2.35 bits per heavy atom. The normalized spacial score (nSPS) is 26.4. The van der Waals surface area contributed by atoms with Crippen LogP contribution < -0.4 is 5.73 Å². The van der Waals surface area contributed by atoms with Gasteiger partial charge >= 0.3 is 5.97 Å². The van der Waals surface area contributed by atoms with Crippen LogP contribution in [-0.2, 0) is 14.9 Å². The van der Waals surface area contributed by atoms with E-state index in [0.29, 0.717) is 35.9 Å². The number of hydrogen-bond acceptors (Lipinski definition) is 3. The number of carbonyl (C=O) groups is 1. The van der Waals surface area contributed by atoms with Gasteiger partial charge < -0.3 is 15.6 Å². The van der Waals surface area contributed by atoms with Crippen LogP contribution in [0.3, 0.4) is 0 Å². The van der Waals surface area contributed by atoms with Gasteiger partial charge in [-0.25, -0.2) is 4.39 Å². The lowest BCUT2D eigenvalue weighted by Crippen LogP contribution is -2.45. The second-order valence-electron chi connectivity index (χ2n) is 5.09. The molecule has 1 aliphatic heterocycles. The average Bonchev–Trinajstić information content (AvgIpc) is 2.42. The molecule has 2 atom stereocenters. The third kappa shape index (κ3) is 2.54. The van der Waals surface area contributed by atoms with Crippen LogP contribution in [0.1, 0.15) is 31.7 Å². The number of hydrogen-bond donors (Lipinski definition) is 2. The minimum absolute atomic E-state index is 0.152. The summed E-state index contributed by atoms with van der Waals surface area (Å²) < 4.78 is 19.6. The van der Waals surface area contributed by atoms with Gasteiger partial charge in [0, 0.05) is 11.1 Å². The van der Waals surface area contributed by atoms with Crippen molar-refractivity contribution in [3.05, 3.63) is 28.0 Å². The van der Waals surface area contributed by atoms with Gasteiger partial charge in [0.1, 0.15) is 5.82 Å². The molecule has 1 aliphatic rings. The molecule has 1 aromatic carbocycles. The number of carboxylic acids is 1. The van der Waals surface area contributed by atoms with E-state index in [2.05, 4.69) is 15.9 Å². The average molecular weight is 346 g/mol. The van der Waals surface area contributed by atoms with Gasteiger partial charge in [0.25, 0.3) is 0 Å². The molecule has 0 bridgehead atoms. The highest BCUT2D eigenvalue weighted by Crippen LogP contribution is 2.43. The van der Waals surface area contributed by atoms with E-state index >= 15 is 0 Å². The molecule has 1 saturated heterocycles. The molecule has 2 rings (SSSR count). The van der Waals surface area contributed by atoms with Crippen LogP contribution in [0.15, 0.2) is 16.6 Å². The lowest BCUT2D eigenvalue weighted by Gasteiger charge is -2.38. The van der Waals surface area contributed by atoms with Crippen LogP contribution in [0, 0.1) is 5.82 Å². The molecule has 1 fully saturated rings. The lowest BCUT2D eigenvalue weighted by atomic mass is 9.71. The fourth-order valence-electron chi connectivity index (χ4n) is 2.75. The fourth-order valence-corrected chi connectivity index (χ4v) is 3.18. The van der Waals surface area contributed by atoms with Crippen LogP contribution in [0.5, 0.6) is 0 Å². The topological polar surface area (TPSA) is 72.5 Å². The van der Waals surface area contributed by atoms with Crippen molar-refractivity contribution in [2.45, 2.75) is 37.7 Å². The molecule has 1 heterocycles. The van der Waals surface area contributed by atoms with Gasteiger partial charge in [-0.15, -0.1) is 0 Å². The quantitative estimate of drug-likeness (QED) is 0.825. The number of benzene rings is 1. The van der Waals surface area contributed by atoms with E-state index in [1.165, 1.54) is 12.1 Å². The molecule has 0 radical (unpaired) electrons. The molecule has 2 unspecified atom stereocenters. The zero-order chi connectivity index (χ0) is 14.9. The van der Waals surface area contributed by atoms with Gasteiger partial charge in [0.2, 0.25) is 0 Å². The van der Waals surface area contributed by atoms with E-state index in [-0.39, 0.29) is 11.8 Å². The molecule has 0 spiro atoms. The molecule has 110 valence electrons. The van der Waals surface area contributed by atoms with Gasteiger partial charge in [-0.1, -0.05) is 6.92 Å². The Balaban J connectivity index is 2.56. The predicted molar refractivity (Wildman–Crippen MR) is 77.1 cm³/mol. The predicted octanol–water partition coefficient (Wildman–Crippen LogP) is 3.08. The highest BCUT2D eigenvalue weighted by Gasteiger charge is 2.46. The summed E-state index contributed by atoms with van der Waals surface area (Å²) in [6.07, 6.45) is 1.16. The standard InChI is InChI=1S/C14H17BrFNO3/c1-2-9-7-14(13(18)19,3-4-20-9)10-5-8(16)6-11(15)12(10)17/h5-6,9H,2-4,7,17H2,1H3,(H,18,19). The number of halogens is 2. The molecule has 0 amide bonds. The first kappa shape index (κ1) is 15.3. The number of aliphatic carboxylic acids is 1. The molecular formula is C14H17BrFNO3. The van der Waals surface area contributed by atoms with Crippen molar-refractivity contribution in [1.82, 2.24) is 0 Å². The molecule has 1 aromatic rings. The largest absolute Gasteiger partial charge is 0.481 e. The Morgan fingerprint density at radius 3 is 2.95 bits per heavy atom. The SMILES string of the molecule is CCC1CC(C(=O)O)(c2cc(F)cc(Br)c2N)CCO1. The lowest BCUT2D eigenvalue weighted by molar-refractivity contribution is -0.150. The molecule has 3 N–H and O–H groups in total. The van der Waals surface area contributed by atoms with Crippen molar-refractivity contribution in [2.24, 2.45) is 0 Å². The first-order chi connectivity index (χ1) is 9.40. The first-order valence-electron chi connectivity index (χ1n) is 6.50. The van der Waals surface area contributed by atoms with Crippen molar-refractivity contribution in [3.8, 4) is 0 Å². The molecule has 0 saturated carbocycles. The van der Waals surface area contributed by atoms with Crippen LogP contribution in [-0.4, -0.2) is 23.8 Å². The second-order valence-corrected chi connectivity index (χ2v) is 5.95. The zero-order valence-electron chi connectivity index (χ0n) is 11.2. The summed E-state index contributed by atoms with van der Waals surface area (Å²) in [4.78, 5) is 11.9. The maximum atomic E-state index is 13.7.